The van der Waals surface area contributed by atoms with Crippen molar-refractivity contribution in [3.63, 3.8) is 0 Å². The van der Waals surface area contributed by atoms with E-state index in [0.717, 1.165) is 12.2 Å². The van der Waals surface area contributed by atoms with Gasteiger partial charge in [0, 0.05) is 20.0 Å². The number of carbonyl (C=O) groups excluding carboxylic acids is 1. The Balaban J connectivity index is 2.50. The van der Waals surface area contributed by atoms with Crippen molar-refractivity contribution in [1.82, 2.24) is 0 Å². The van der Waals surface area contributed by atoms with Gasteiger partial charge in [-0.15, -0.1) is 0 Å². The van der Waals surface area contributed by atoms with E-state index >= 15 is 0 Å². The maximum absolute atomic E-state index is 10.8. The predicted octanol–water partition coefficient (Wildman–Crippen LogP) is 2.26. The predicted molar refractivity (Wildman–Crippen MR) is 63.8 cm³/mol. The summed E-state index contributed by atoms with van der Waals surface area (Å²) in [7, 11) is 1.55. The van der Waals surface area contributed by atoms with Crippen molar-refractivity contribution < 1.29 is 19.1 Å². The first-order chi connectivity index (χ1) is 8.04. The van der Waals surface area contributed by atoms with E-state index in [4.69, 9.17) is 9.15 Å². The lowest BCUT2D eigenvalue weighted by Gasteiger charge is -2.14. The van der Waals surface area contributed by atoms with Crippen molar-refractivity contribution in [3.05, 3.63) is 23.7 Å². The number of ether oxygens (including phenoxy) is 1. The van der Waals surface area contributed by atoms with E-state index in [2.05, 4.69) is 0 Å². The highest BCUT2D eigenvalue weighted by Gasteiger charge is 2.19. The Labute approximate surface area is 102 Å². The minimum absolute atomic E-state index is 0.185. The third-order valence-corrected chi connectivity index (χ3v) is 2.74. The van der Waals surface area contributed by atoms with Gasteiger partial charge >= 0.3 is 0 Å². The van der Waals surface area contributed by atoms with E-state index in [1.54, 1.807) is 27.0 Å². The Bertz CT molecular complexity index is 356. The fourth-order valence-electron chi connectivity index (χ4n) is 1.56. The van der Waals surface area contributed by atoms with E-state index in [1.807, 2.05) is 6.07 Å². The highest BCUT2D eigenvalue weighted by atomic mass is 16.5. The lowest BCUT2D eigenvalue weighted by molar-refractivity contribution is -0.117. The van der Waals surface area contributed by atoms with Gasteiger partial charge in [0.15, 0.2) is 0 Å². The molecule has 0 saturated heterocycles. The molecule has 0 aromatic carbocycles. The molecule has 1 aromatic rings. The van der Waals surface area contributed by atoms with Gasteiger partial charge in [-0.3, -0.25) is 0 Å². The summed E-state index contributed by atoms with van der Waals surface area (Å²) in [4.78, 5) is 10.8. The van der Waals surface area contributed by atoms with E-state index in [9.17, 15) is 9.90 Å². The van der Waals surface area contributed by atoms with E-state index in [-0.39, 0.29) is 11.9 Å². The maximum atomic E-state index is 10.8. The Morgan fingerprint density at radius 2 is 2.24 bits per heavy atom. The van der Waals surface area contributed by atoms with Crippen LogP contribution < -0.4 is 0 Å². The van der Waals surface area contributed by atoms with Gasteiger partial charge in [0.25, 0.3) is 0 Å². The highest BCUT2D eigenvalue weighted by molar-refractivity contribution is 5.75. The van der Waals surface area contributed by atoms with Crippen LogP contribution in [0.5, 0.6) is 0 Å². The van der Waals surface area contributed by atoms with Gasteiger partial charge in [-0.25, -0.2) is 0 Å². The molecule has 0 aliphatic heterocycles. The van der Waals surface area contributed by atoms with Crippen LogP contribution in [0.4, 0.5) is 0 Å². The number of hydrogen-bond donors (Lipinski definition) is 1. The van der Waals surface area contributed by atoms with E-state index in [0.29, 0.717) is 18.6 Å². The van der Waals surface area contributed by atoms with Crippen molar-refractivity contribution in [2.24, 2.45) is 0 Å². The van der Waals surface area contributed by atoms with Crippen LogP contribution in [0, 0.1) is 0 Å². The molecular formula is C13H20O4. The first-order valence-electron chi connectivity index (χ1n) is 5.83. The second-order valence-corrected chi connectivity index (χ2v) is 4.25. The lowest BCUT2D eigenvalue weighted by Crippen LogP contribution is -2.16. The zero-order valence-electron chi connectivity index (χ0n) is 10.6. The molecule has 0 radical (unpaired) electrons. The number of furan rings is 1. The number of carbonyl (C=O) groups is 1. The zero-order chi connectivity index (χ0) is 12.8. The molecule has 2 unspecified atom stereocenters. The van der Waals surface area contributed by atoms with Crippen molar-refractivity contribution >= 4 is 5.78 Å². The number of aliphatic hydroxyl groups is 1. The SMILES string of the molecule is COC(C)C(O)c1ccc(CCCC(C)=O)o1. The number of ketones is 1. The fraction of sp³-hybridized carbons (Fsp3) is 0.615. The molecule has 2 atom stereocenters. The number of Topliss-reactive ketones (excluding diaryl/α,β-unsaturated/α-hetero) is 1. The van der Waals surface area contributed by atoms with Crippen LogP contribution in [-0.2, 0) is 16.0 Å². The highest BCUT2D eigenvalue weighted by Crippen LogP contribution is 2.22. The molecule has 4 heteroatoms. The van der Waals surface area contributed by atoms with E-state index in [1.165, 1.54) is 0 Å². The standard InChI is InChI=1S/C13H20O4/c1-9(14)5-4-6-11-7-8-12(17-11)13(15)10(2)16-3/h7-8,10,13,15H,4-6H2,1-3H3. The van der Waals surface area contributed by atoms with Crippen molar-refractivity contribution in [1.29, 1.82) is 0 Å². The van der Waals surface area contributed by atoms with Gasteiger partial charge in [0.05, 0.1) is 6.10 Å². The minimum atomic E-state index is -0.749. The van der Waals surface area contributed by atoms with Gasteiger partial charge in [-0.2, -0.15) is 0 Å². The van der Waals surface area contributed by atoms with Crippen LogP contribution in [0.2, 0.25) is 0 Å². The number of aryl methyl sites for hydroxylation is 1. The van der Waals surface area contributed by atoms with Crippen LogP contribution in [0.15, 0.2) is 16.5 Å². The van der Waals surface area contributed by atoms with Crippen LogP contribution >= 0.6 is 0 Å². The Kier molecular flexibility index (Phi) is 5.38. The molecule has 96 valence electrons. The second-order valence-electron chi connectivity index (χ2n) is 4.25. The third kappa shape index (κ3) is 4.32. The van der Waals surface area contributed by atoms with Gasteiger partial charge in [-0.1, -0.05) is 0 Å². The van der Waals surface area contributed by atoms with Crippen molar-refractivity contribution in [2.45, 2.75) is 45.3 Å². The Hall–Kier alpha value is -1.13. The summed E-state index contributed by atoms with van der Waals surface area (Å²) in [6.45, 7) is 3.36. The topological polar surface area (TPSA) is 59.7 Å². The lowest BCUT2D eigenvalue weighted by atomic mass is 10.1. The number of methoxy groups -OCH3 is 1. The third-order valence-electron chi connectivity index (χ3n) is 2.74. The summed E-state index contributed by atoms with van der Waals surface area (Å²) < 4.78 is 10.5. The van der Waals surface area contributed by atoms with Gasteiger partial charge < -0.3 is 19.1 Å². The Morgan fingerprint density at radius 3 is 2.82 bits per heavy atom. The number of aliphatic hydroxyl groups excluding tert-OH is 1. The maximum Gasteiger partial charge on any atom is 0.137 e. The summed E-state index contributed by atoms with van der Waals surface area (Å²) in [6.07, 6.45) is 1.01. The molecule has 0 saturated carbocycles. The monoisotopic (exact) mass is 240 g/mol. The molecule has 17 heavy (non-hydrogen) atoms. The molecule has 0 amide bonds. The summed E-state index contributed by atoms with van der Waals surface area (Å²) in [6, 6.07) is 3.59. The summed E-state index contributed by atoms with van der Waals surface area (Å²) in [5.41, 5.74) is 0. The van der Waals surface area contributed by atoms with Crippen molar-refractivity contribution in [3.8, 4) is 0 Å². The molecule has 0 bridgehead atoms. The van der Waals surface area contributed by atoms with Gasteiger partial charge in [0.1, 0.15) is 23.4 Å². The fourth-order valence-corrected chi connectivity index (χ4v) is 1.56. The average molecular weight is 240 g/mol. The summed E-state index contributed by atoms with van der Waals surface area (Å²) in [5.74, 6) is 1.49. The van der Waals surface area contributed by atoms with Crippen LogP contribution in [0.1, 0.15) is 44.3 Å². The summed E-state index contributed by atoms with van der Waals surface area (Å²) >= 11 is 0. The molecule has 0 aliphatic carbocycles. The zero-order valence-corrected chi connectivity index (χ0v) is 10.6. The second kappa shape index (κ2) is 6.57. The molecule has 1 N–H and O–H groups in total. The quantitative estimate of drug-likeness (QED) is 0.794. The van der Waals surface area contributed by atoms with Gasteiger partial charge in [0.2, 0.25) is 0 Å². The molecule has 0 aliphatic rings. The van der Waals surface area contributed by atoms with Crippen LogP contribution in [-0.4, -0.2) is 24.1 Å². The smallest absolute Gasteiger partial charge is 0.137 e. The normalized spacial score (nSPS) is 14.6. The number of rotatable bonds is 7. The van der Waals surface area contributed by atoms with Crippen LogP contribution in [0.3, 0.4) is 0 Å². The molecule has 1 heterocycles. The van der Waals surface area contributed by atoms with Crippen molar-refractivity contribution in [2.75, 3.05) is 7.11 Å². The van der Waals surface area contributed by atoms with Crippen LogP contribution in [0.25, 0.3) is 0 Å². The first-order valence-corrected chi connectivity index (χ1v) is 5.83. The van der Waals surface area contributed by atoms with E-state index < -0.39 is 6.10 Å². The molecule has 4 nitrogen and oxygen atoms in total. The average Bonchev–Trinajstić information content (AvgIpc) is 2.75. The first kappa shape index (κ1) is 13.9. The van der Waals surface area contributed by atoms with Gasteiger partial charge in [-0.05, 0) is 32.4 Å². The Morgan fingerprint density at radius 1 is 1.53 bits per heavy atom. The minimum Gasteiger partial charge on any atom is -0.463 e. The molecule has 1 aromatic heterocycles. The molecular weight excluding hydrogens is 220 g/mol. The largest absolute Gasteiger partial charge is 0.463 e. The molecule has 1 rings (SSSR count). The molecule has 0 fully saturated rings. The summed E-state index contributed by atoms with van der Waals surface area (Å²) in [5, 5.41) is 9.84. The number of hydrogen-bond acceptors (Lipinski definition) is 4. The molecule has 0 spiro atoms.